The number of nitrogens with one attached hydrogen (secondary N) is 3. The van der Waals surface area contributed by atoms with Crippen molar-refractivity contribution < 1.29 is 14.4 Å². The molecule has 2 saturated carbocycles. The fourth-order valence-electron chi connectivity index (χ4n) is 4.21. The maximum absolute atomic E-state index is 12.2. The van der Waals surface area contributed by atoms with Gasteiger partial charge in [-0.2, -0.15) is 5.48 Å². The highest BCUT2D eigenvalue weighted by Gasteiger charge is 2.27. The summed E-state index contributed by atoms with van der Waals surface area (Å²) in [4.78, 5) is 28.9. The lowest BCUT2D eigenvalue weighted by Crippen LogP contribution is -2.43. The SMILES string of the molecule is Cc1cc(C(N)=O)ccc1NNC1CCC(NOC(=O)C2CCC(C)CC2)CC1. The van der Waals surface area contributed by atoms with Crippen LogP contribution in [-0.4, -0.2) is 24.0 Å². The van der Waals surface area contributed by atoms with Crippen LogP contribution >= 0.6 is 0 Å². The molecule has 1 amide bonds. The number of aryl methyl sites for hydroxylation is 1. The van der Waals surface area contributed by atoms with Gasteiger partial charge in [0.1, 0.15) is 0 Å². The fourth-order valence-corrected chi connectivity index (χ4v) is 4.21. The first-order valence-electron chi connectivity index (χ1n) is 10.8. The van der Waals surface area contributed by atoms with Gasteiger partial charge in [0.25, 0.3) is 0 Å². The molecule has 0 heterocycles. The Morgan fingerprint density at radius 3 is 2.28 bits per heavy atom. The number of nitrogens with two attached hydrogens (primary N) is 1. The Morgan fingerprint density at radius 1 is 1.00 bits per heavy atom. The number of amides is 1. The summed E-state index contributed by atoms with van der Waals surface area (Å²) in [6.07, 6.45) is 8.02. The summed E-state index contributed by atoms with van der Waals surface area (Å²) in [6, 6.07) is 5.94. The lowest BCUT2D eigenvalue weighted by Gasteiger charge is -2.30. The van der Waals surface area contributed by atoms with Crippen molar-refractivity contribution >= 4 is 17.6 Å². The molecule has 7 heteroatoms. The molecule has 1 aromatic rings. The Labute approximate surface area is 173 Å². The molecule has 2 aliphatic carbocycles. The minimum absolute atomic E-state index is 0.0603. The Balaban J connectivity index is 1.35. The average Bonchev–Trinajstić information content (AvgIpc) is 2.72. The molecule has 0 aromatic heterocycles. The number of carbonyl (C=O) groups excluding carboxylic acids is 2. The monoisotopic (exact) mass is 402 g/mol. The summed E-state index contributed by atoms with van der Waals surface area (Å²) in [7, 11) is 0. The molecule has 0 radical (unpaired) electrons. The molecule has 2 aliphatic rings. The van der Waals surface area contributed by atoms with Crippen LogP contribution in [0.3, 0.4) is 0 Å². The minimum atomic E-state index is -0.419. The van der Waals surface area contributed by atoms with E-state index < -0.39 is 5.91 Å². The summed E-state index contributed by atoms with van der Waals surface area (Å²) in [5, 5.41) is 0. The zero-order valence-electron chi connectivity index (χ0n) is 17.5. The smallest absolute Gasteiger partial charge is 0.327 e. The standard InChI is InChI=1S/C22H34N4O3/c1-14-3-5-16(6-4-14)22(28)29-26-19-10-8-18(9-11-19)24-25-20-12-7-17(21(23)27)13-15(20)2/h7,12-14,16,18-19,24-26H,3-6,8-11H2,1-2H3,(H2,23,27). The van der Waals surface area contributed by atoms with E-state index in [1.807, 2.05) is 13.0 Å². The van der Waals surface area contributed by atoms with Crippen molar-refractivity contribution in [2.24, 2.45) is 17.6 Å². The highest BCUT2D eigenvalue weighted by atomic mass is 16.7. The van der Waals surface area contributed by atoms with Crippen molar-refractivity contribution in [3.05, 3.63) is 29.3 Å². The van der Waals surface area contributed by atoms with Crippen LogP contribution in [0.15, 0.2) is 18.2 Å². The van der Waals surface area contributed by atoms with Gasteiger partial charge in [-0.05, 0) is 88.0 Å². The van der Waals surface area contributed by atoms with E-state index in [0.29, 0.717) is 11.6 Å². The highest BCUT2D eigenvalue weighted by Crippen LogP contribution is 2.29. The fraction of sp³-hybridized carbons (Fsp3) is 0.636. The van der Waals surface area contributed by atoms with E-state index >= 15 is 0 Å². The summed E-state index contributed by atoms with van der Waals surface area (Å²) >= 11 is 0. The molecule has 7 nitrogen and oxygen atoms in total. The molecule has 1 aromatic carbocycles. The maximum Gasteiger partial charge on any atom is 0.327 e. The number of hydrogen-bond acceptors (Lipinski definition) is 6. The Bertz CT molecular complexity index is 708. The van der Waals surface area contributed by atoms with Crippen molar-refractivity contribution in [3.8, 4) is 0 Å². The van der Waals surface area contributed by atoms with Gasteiger partial charge < -0.3 is 16.0 Å². The van der Waals surface area contributed by atoms with Crippen LogP contribution in [0, 0.1) is 18.8 Å². The number of rotatable bonds is 7. The zero-order chi connectivity index (χ0) is 20.8. The van der Waals surface area contributed by atoms with Crippen molar-refractivity contribution in [1.29, 1.82) is 0 Å². The number of hydroxylamine groups is 1. The third-order valence-electron chi connectivity index (χ3n) is 6.32. The highest BCUT2D eigenvalue weighted by molar-refractivity contribution is 5.93. The normalized spacial score (nSPS) is 27.2. The third-order valence-corrected chi connectivity index (χ3v) is 6.32. The van der Waals surface area contributed by atoms with Crippen LogP contribution in [0.2, 0.25) is 0 Å². The van der Waals surface area contributed by atoms with Crippen LogP contribution in [0.1, 0.15) is 74.2 Å². The predicted octanol–water partition coefficient (Wildman–Crippen LogP) is 3.20. The first-order valence-corrected chi connectivity index (χ1v) is 10.8. The van der Waals surface area contributed by atoms with E-state index in [2.05, 4.69) is 23.3 Å². The Hall–Kier alpha value is -2.12. The maximum atomic E-state index is 12.2. The number of hydrogen-bond donors (Lipinski definition) is 4. The third kappa shape index (κ3) is 6.18. The molecule has 0 saturated heterocycles. The Morgan fingerprint density at radius 2 is 1.66 bits per heavy atom. The lowest BCUT2D eigenvalue weighted by atomic mass is 9.83. The van der Waals surface area contributed by atoms with E-state index in [9.17, 15) is 9.59 Å². The van der Waals surface area contributed by atoms with Gasteiger partial charge >= 0.3 is 5.97 Å². The lowest BCUT2D eigenvalue weighted by molar-refractivity contribution is -0.160. The molecule has 0 spiro atoms. The van der Waals surface area contributed by atoms with Crippen molar-refractivity contribution in [2.45, 2.75) is 77.3 Å². The Kier molecular flexibility index (Phi) is 7.50. The van der Waals surface area contributed by atoms with E-state index in [4.69, 9.17) is 10.6 Å². The van der Waals surface area contributed by atoms with Gasteiger partial charge in [0, 0.05) is 17.6 Å². The summed E-state index contributed by atoms with van der Waals surface area (Å²) in [6.45, 7) is 4.19. The molecule has 0 atom stereocenters. The molecule has 29 heavy (non-hydrogen) atoms. The first-order chi connectivity index (χ1) is 13.9. The number of benzene rings is 1. The van der Waals surface area contributed by atoms with Crippen LogP contribution in [0.25, 0.3) is 0 Å². The second-order valence-corrected chi connectivity index (χ2v) is 8.71. The summed E-state index contributed by atoms with van der Waals surface area (Å²) in [5.41, 5.74) is 17.4. The molecule has 2 fully saturated rings. The van der Waals surface area contributed by atoms with E-state index in [1.54, 1.807) is 12.1 Å². The van der Waals surface area contributed by atoms with Crippen molar-refractivity contribution in [2.75, 3.05) is 5.43 Å². The molecule has 5 N–H and O–H groups in total. The molecule has 0 aliphatic heterocycles. The van der Waals surface area contributed by atoms with Crippen LogP contribution in [0.4, 0.5) is 5.69 Å². The quantitative estimate of drug-likeness (QED) is 0.522. The largest absolute Gasteiger partial charge is 0.370 e. The summed E-state index contributed by atoms with van der Waals surface area (Å²) in [5.74, 6) is 0.282. The zero-order valence-corrected chi connectivity index (χ0v) is 17.5. The molecule has 160 valence electrons. The average molecular weight is 403 g/mol. The van der Waals surface area contributed by atoms with Gasteiger partial charge in [-0.3, -0.25) is 9.59 Å². The van der Waals surface area contributed by atoms with Gasteiger partial charge in [-0.1, -0.05) is 6.92 Å². The van der Waals surface area contributed by atoms with Crippen LogP contribution < -0.4 is 22.1 Å². The van der Waals surface area contributed by atoms with Gasteiger partial charge in [0.15, 0.2) is 0 Å². The number of carbonyl (C=O) groups is 2. The molecular formula is C22H34N4O3. The van der Waals surface area contributed by atoms with E-state index in [0.717, 1.165) is 68.5 Å². The number of anilines is 1. The van der Waals surface area contributed by atoms with Crippen molar-refractivity contribution in [1.82, 2.24) is 10.9 Å². The van der Waals surface area contributed by atoms with E-state index in [1.165, 1.54) is 0 Å². The minimum Gasteiger partial charge on any atom is -0.370 e. The summed E-state index contributed by atoms with van der Waals surface area (Å²) < 4.78 is 0. The van der Waals surface area contributed by atoms with Gasteiger partial charge in [-0.25, -0.2) is 5.43 Å². The molecule has 0 unspecified atom stereocenters. The second kappa shape index (κ2) is 10.1. The first kappa shape index (κ1) is 21.6. The number of primary amides is 1. The second-order valence-electron chi connectivity index (χ2n) is 8.71. The molecule has 3 rings (SSSR count). The van der Waals surface area contributed by atoms with Gasteiger partial charge in [0.05, 0.1) is 11.6 Å². The number of hydrazine groups is 1. The van der Waals surface area contributed by atoms with Gasteiger partial charge in [0.2, 0.25) is 5.91 Å². The predicted molar refractivity (Wildman–Crippen MR) is 113 cm³/mol. The van der Waals surface area contributed by atoms with Crippen LogP contribution in [-0.2, 0) is 9.63 Å². The molecule has 0 bridgehead atoms. The topological polar surface area (TPSA) is 105 Å². The van der Waals surface area contributed by atoms with Gasteiger partial charge in [-0.15, -0.1) is 0 Å². The van der Waals surface area contributed by atoms with Crippen molar-refractivity contribution in [3.63, 3.8) is 0 Å². The van der Waals surface area contributed by atoms with E-state index in [-0.39, 0.29) is 17.9 Å². The van der Waals surface area contributed by atoms with Crippen LogP contribution in [0.5, 0.6) is 0 Å². The molecular weight excluding hydrogens is 368 g/mol.